The smallest absolute Gasteiger partial charge is 0.126 e. The molecule has 2 N–H and O–H groups in total. The molecule has 0 amide bonds. The molecule has 4 heteroatoms. The van der Waals surface area contributed by atoms with Crippen molar-refractivity contribution < 1.29 is 0 Å². The predicted octanol–water partition coefficient (Wildman–Crippen LogP) is 6.93. The first kappa shape index (κ1) is 24.2. The van der Waals surface area contributed by atoms with Gasteiger partial charge in [0.2, 0.25) is 0 Å². The zero-order valence-corrected chi connectivity index (χ0v) is 20.8. The van der Waals surface area contributed by atoms with Crippen LogP contribution in [0.5, 0.6) is 0 Å². The quantitative estimate of drug-likeness (QED) is 0.519. The van der Waals surface area contributed by atoms with Gasteiger partial charge in [-0.05, 0) is 80.7 Å². The maximum Gasteiger partial charge on any atom is 0.126 e. The lowest BCUT2D eigenvalue weighted by Gasteiger charge is -2.33. The Kier molecular flexibility index (Phi) is 6.90. The van der Waals surface area contributed by atoms with E-state index in [0.717, 1.165) is 24.5 Å². The molecule has 4 nitrogen and oxygen atoms in total. The minimum absolute atomic E-state index is 0.0596. The van der Waals surface area contributed by atoms with Gasteiger partial charge in [0.05, 0.1) is 0 Å². The fourth-order valence-electron chi connectivity index (χ4n) is 3.32. The summed E-state index contributed by atoms with van der Waals surface area (Å²) in [5.74, 6) is 1.87. The number of nitrogens with one attached hydrogen (secondary N) is 2. The molecular weight excluding hydrogens is 368 g/mol. The summed E-state index contributed by atoms with van der Waals surface area (Å²) in [6.07, 6.45) is 5.90. The van der Waals surface area contributed by atoms with Gasteiger partial charge in [0.15, 0.2) is 0 Å². The lowest BCUT2D eigenvalue weighted by atomic mass is 9.87. The van der Waals surface area contributed by atoms with E-state index in [1.165, 1.54) is 11.1 Å². The fourth-order valence-corrected chi connectivity index (χ4v) is 3.32. The van der Waals surface area contributed by atoms with E-state index in [0.29, 0.717) is 0 Å². The van der Waals surface area contributed by atoms with Crippen molar-refractivity contribution in [3.8, 4) is 0 Å². The summed E-state index contributed by atoms with van der Waals surface area (Å²) in [5.41, 5.74) is 2.66. The molecule has 2 heterocycles. The summed E-state index contributed by atoms with van der Waals surface area (Å²) in [6.45, 7) is 22.3. The van der Waals surface area contributed by atoms with Gasteiger partial charge in [-0.3, -0.25) is 0 Å². The highest BCUT2D eigenvalue weighted by atomic mass is 15.1. The Labute approximate surface area is 184 Å². The van der Waals surface area contributed by atoms with Gasteiger partial charge >= 0.3 is 0 Å². The van der Waals surface area contributed by atoms with Gasteiger partial charge in [0.25, 0.3) is 0 Å². The third-order valence-electron chi connectivity index (χ3n) is 5.56. The molecule has 0 bridgehead atoms. The van der Waals surface area contributed by atoms with Crippen LogP contribution in [0.4, 0.5) is 11.6 Å². The van der Waals surface area contributed by atoms with Crippen molar-refractivity contribution in [2.45, 2.75) is 104 Å². The maximum absolute atomic E-state index is 4.64. The first-order valence-corrected chi connectivity index (χ1v) is 11.1. The van der Waals surface area contributed by atoms with Crippen molar-refractivity contribution in [3.63, 3.8) is 0 Å². The van der Waals surface area contributed by atoms with Crippen LogP contribution in [-0.2, 0) is 10.8 Å². The van der Waals surface area contributed by atoms with Crippen molar-refractivity contribution in [3.05, 3.63) is 47.8 Å². The van der Waals surface area contributed by atoms with Gasteiger partial charge in [-0.25, -0.2) is 9.97 Å². The van der Waals surface area contributed by atoms with Gasteiger partial charge in [0.1, 0.15) is 11.6 Å². The molecule has 2 aromatic rings. The molecule has 0 saturated heterocycles. The van der Waals surface area contributed by atoms with E-state index in [1.54, 1.807) is 0 Å². The van der Waals surface area contributed by atoms with Crippen molar-refractivity contribution in [2.75, 3.05) is 10.6 Å². The average molecular weight is 411 g/mol. The molecule has 2 aromatic heterocycles. The zero-order chi connectivity index (χ0) is 22.8. The van der Waals surface area contributed by atoms with Crippen molar-refractivity contribution in [2.24, 2.45) is 0 Å². The third-order valence-corrected chi connectivity index (χ3v) is 5.56. The molecule has 0 spiro atoms. The molecule has 0 aliphatic rings. The molecule has 0 aliphatic heterocycles. The number of anilines is 2. The van der Waals surface area contributed by atoms with Crippen LogP contribution in [0.1, 0.15) is 93.2 Å². The normalized spacial score (nSPS) is 13.3. The third kappa shape index (κ3) is 7.30. The predicted molar refractivity (Wildman–Crippen MR) is 131 cm³/mol. The lowest BCUT2D eigenvalue weighted by molar-refractivity contribution is 0.414. The molecule has 0 unspecified atom stereocenters. The van der Waals surface area contributed by atoms with Gasteiger partial charge in [-0.2, -0.15) is 0 Å². The topological polar surface area (TPSA) is 49.8 Å². The number of pyridine rings is 2. The number of rotatable bonds is 7. The van der Waals surface area contributed by atoms with Crippen molar-refractivity contribution in [1.82, 2.24) is 9.97 Å². The van der Waals surface area contributed by atoms with Crippen LogP contribution in [0.25, 0.3) is 0 Å². The Morgan fingerprint density at radius 3 is 1.63 bits per heavy atom. The van der Waals surface area contributed by atoms with E-state index in [-0.39, 0.29) is 21.9 Å². The Balaban J connectivity index is 1.98. The minimum Gasteiger partial charge on any atom is -0.365 e. The highest BCUT2D eigenvalue weighted by Gasteiger charge is 2.26. The summed E-state index contributed by atoms with van der Waals surface area (Å²) in [5, 5.41) is 7.24. The van der Waals surface area contributed by atoms with Crippen LogP contribution in [0.2, 0.25) is 0 Å². The molecular formula is C26H42N4. The Hall–Kier alpha value is -2.10. The van der Waals surface area contributed by atoms with Crippen molar-refractivity contribution >= 4 is 11.6 Å². The summed E-state index contributed by atoms with van der Waals surface area (Å²) >= 11 is 0. The van der Waals surface area contributed by atoms with Crippen molar-refractivity contribution in [1.29, 1.82) is 0 Å². The van der Waals surface area contributed by atoms with Crippen LogP contribution in [-0.4, -0.2) is 21.0 Å². The SMILES string of the molecule is CC(C)(CCC(C)(C)Nc1cc(C(C)(C)C)ccn1)Nc1ccc(C(C)(C)C)cn1. The standard InChI is InChI=1S/C26H42N4/c1-23(2,3)19-13-16-27-22(17-19)30-26(9,10)15-14-25(7,8)29-21-12-11-20(18-28-21)24(4,5)6/h11-13,16-18H,14-15H2,1-10H3,(H,27,30)(H,28,29). The van der Waals surface area contributed by atoms with E-state index >= 15 is 0 Å². The summed E-state index contributed by atoms with van der Waals surface area (Å²) in [6, 6.07) is 8.54. The monoisotopic (exact) mass is 410 g/mol. The van der Waals surface area contributed by atoms with Gasteiger partial charge in [-0.1, -0.05) is 47.6 Å². The molecule has 0 radical (unpaired) electrons. The van der Waals surface area contributed by atoms with E-state index in [2.05, 4.69) is 114 Å². The second-order valence-corrected chi connectivity index (χ2v) is 11.9. The molecule has 0 aliphatic carbocycles. The molecule has 0 aromatic carbocycles. The van der Waals surface area contributed by atoms with E-state index in [4.69, 9.17) is 0 Å². The van der Waals surface area contributed by atoms with Gasteiger partial charge < -0.3 is 10.6 Å². The Morgan fingerprint density at radius 1 is 0.633 bits per heavy atom. The van der Waals surface area contributed by atoms with Crippen LogP contribution in [0.15, 0.2) is 36.7 Å². The van der Waals surface area contributed by atoms with E-state index in [1.807, 2.05) is 12.4 Å². The number of hydrogen-bond donors (Lipinski definition) is 2. The fraction of sp³-hybridized carbons (Fsp3) is 0.615. The Bertz CT molecular complexity index is 821. The average Bonchev–Trinajstić information content (AvgIpc) is 2.59. The molecule has 0 atom stereocenters. The summed E-state index contributed by atoms with van der Waals surface area (Å²) in [4.78, 5) is 9.18. The second-order valence-electron chi connectivity index (χ2n) is 11.9. The van der Waals surface area contributed by atoms with Gasteiger partial charge in [-0.15, -0.1) is 0 Å². The number of aromatic nitrogens is 2. The Morgan fingerprint density at radius 2 is 1.17 bits per heavy atom. The molecule has 30 heavy (non-hydrogen) atoms. The van der Waals surface area contributed by atoms with Crippen LogP contribution < -0.4 is 10.6 Å². The largest absolute Gasteiger partial charge is 0.365 e. The van der Waals surface area contributed by atoms with Crippen LogP contribution in [0.3, 0.4) is 0 Å². The molecule has 0 fully saturated rings. The van der Waals surface area contributed by atoms with E-state index < -0.39 is 0 Å². The number of hydrogen-bond acceptors (Lipinski definition) is 4. The highest BCUT2D eigenvalue weighted by Crippen LogP contribution is 2.28. The lowest BCUT2D eigenvalue weighted by Crippen LogP contribution is -2.38. The number of nitrogens with zero attached hydrogens (tertiary/aromatic N) is 2. The maximum atomic E-state index is 4.64. The van der Waals surface area contributed by atoms with Crippen LogP contribution in [0, 0.1) is 0 Å². The minimum atomic E-state index is -0.0635. The first-order chi connectivity index (χ1) is 13.6. The summed E-state index contributed by atoms with van der Waals surface area (Å²) < 4.78 is 0. The molecule has 2 rings (SSSR count). The zero-order valence-electron chi connectivity index (χ0n) is 20.8. The second kappa shape index (κ2) is 8.56. The molecule has 166 valence electrons. The van der Waals surface area contributed by atoms with Crippen LogP contribution >= 0.6 is 0 Å². The van der Waals surface area contributed by atoms with E-state index in [9.17, 15) is 0 Å². The summed E-state index contributed by atoms with van der Waals surface area (Å²) in [7, 11) is 0. The highest BCUT2D eigenvalue weighted by molar-refractivity contribution is 5.42. The first-order valence-electron chi connectivity index (χ1n) is 11.1. The van der Waals surface area contributed by atoms with Gasteiger partial charge in [0, 0.05) is 23.5 Å². The molecule has 0 saturated carbocycles.